The molecule has 0 atom stereocenters. The van der Waals surface area contributed by atoms with Crippen molar-refractivity contribution < 1.29 is 22.7 Å². The molecule has 0 aliphatic carbocycles. The maximum Gasteiger partial charge on any atom is 0.417 e. The summed E-state index contributed by atoms with van der Waals surface area (Å²) in [7, 11) is 0. The summed E-state index contributed by atoms with van der Waals surface area (Å²) in [5.74, 6) is -0.428. The topological polar surface area (TPSA) is 26.3 Å². The number of benzene rings is 2. The SMILES string of the molecule is O=C(COc1cccc(Cl)c1)c1ccccc1C(F)(F)F. The largest absolute Gasteiger partial charge is 0.485 e. The van der Waals surface area contributed by atoms with Gasteiger partial charge in [-0.15, -0.1) is 0 Å². The fourth-order valence-electron chi connectivity index (χ4n) is 1.76. The molecule has 0 aliphatic heterocycles. The van der Waals surface area contributed by atoms with Gasteiger partial charge in [0.05, 0.1) is 5.56 Å². The molecule has 6 heteroatoms. The molecule has 0 unspecified atom stereocenters. The van der Waals surface area contributed by atoms with Crippen molar-refractivity contribution in [2.45, 2.75) is 6.18 Å². The Kier molecular flexibility index (Phi) is 4.53. The highest BCUT2D eigenvalue weighted by Gasteiger charge is 2.34. The van der Waals surface area contributed by atoms with E-state index in [1.54, 1.807) is 18.2 Å². The Hall–Kier alpha value is -2.01. The number of ketones is 1. The molecule has 0 bridgehead atoms. The van der Waals surface area contributed by atoms with E-state index in [0.29, 0.717) is 10.8 Å². The number of carbonyl (C=O) groups is 1. The molecule has 110 valence electrons. The zero-order chi connectivity index (χ0) is 15.5. The van der Waals surface area contributed by atoms with Crippen LogP contribution in [0.15, 0.2) is 48.5 Å². The maximum atomic E-state index is 12.8. The van der Waals surface area contributed by atoms with Crippen LogP contribution in [0.3, 0.4) is 0 Å². The highest BCUT2D eigenvalue weighted by atomic mass is 35.5. The van der Waals surface area contributed by atoms with Gasteiger partial charge in [0.15, 0.2) is 6.61 Å². The van der Waals surface area contributed by atoms with E-state index < -0.39 is 29.7 Å². The van der Waals surface area contributed by atoms with Crippen molar-refractivity contribution in [3.8, 4) is 5.75 Å². The molecule has 0 fully saturated rings. The van der Waals surface area contributed by atoms with Crippen molar-refractivity contribution in [1.29, 1.82) is 0 Å². The Morgan fingerprint density at radius 3 is 2.48 bits per heavy atom. The third-order valence-corrected chi connectivity index (χ3v) is 2.93. The summed E-state index contributed by atoms with van der Waals surface area (Å²) in [6.07, 6.45) is -4.58. The van der Waals surface area contributed by atoms with Gasteiger partial charge in [-0.25, -0.2) is 0 Å². The molecule has 0 N–H and O–H groups in total. The summed E-state index contributed by atoms with van der Waals surface area (Å²) < 4.78 is 43.6. The normalized spacial score (nSPS) is 11.2. The lowest BCUT2D eigenvalue weighted by Gasteiger charge is -2.12. The summed E-state index contributed by atoms with van der Waals surface area (Å²) in [6.45, 7) is -0.493. The Morgan fingerprint density at radius 1 is 1.10 bits per heavy atom. The van der Waals surface area contributed by atoms with Gasteiger partial charge < -0.3 is 4.74 Å². The monoisotopic (exact) mass is 314 g/mol. The van der Waals surface area contributed by atoms with Crippen LogP contribution in [0, 0.1) is 0 Å². The summed E-state index contributed by atoms with van der Waals surface area (Å²) in [5.41, 5.74) is -1.38. The van der Waals surface area contributed by atoms with E-state index in [9.17, 15) is 18.0 Å². The number of alkyl halides is 3. The van der Waals surface area contributed by atoms with Crippen molar-refractivity contribution in [2.75, 3.05) is 6.61 Å². The van der Waals surface area contributed by atoms with Gasteiger partial charge >= 0.3 is 6.18 Å². The average molecular weight is 315 g/mol. The van der Waals surface area contributed by atoms with E-state index in [4.69, 9.17) is 16.3 Å². The van der Waals surface area contributed by atoms with E-state index in [2.05, 4.69) is 0 Å². The van der Waals surface area contributed by atoms with Gasteiger partial charge in [0, 0.05) is 10.6 Å². The number of rotatable bonds is 4. The number of ether oxygens (including phenoxy) is 1. The second-order valence-electron chi connectivity index (χ2n) is 4.21. The third-order valence-electron chi connectivity index (χ3n) is 2.70. The molecule has 2 aromatic carbocycles. The van der Waals surface area contributed by atoms with Gasteiger partial charge in [0.1, 0.15) is 5.75 Å². The highest BCUT2D eigenvalue weighted by Crippen LogP contribution is 2.32. The van der Waals surface area contributed by atoms with Crippen molar-refractivity contribution >= 4 is 17.4 Å². The van der Waals surface area contributed by atoms with Crippen LogP contribution in [0.1, 0.15) is 15.9 Å². The molecule has 0 amide bonds. The second-order valence-corrected chi connectivity index (χ2v) is 4.65. The lowest BCUT2D eigenvalue weighted by atomic mass is 10.0. The first-order chi connectivity index (χ1) is 9.88. The summed E-state index contributed by atoms with van der Waals surface area (Å²) in [6, 6.07) is 10.9. The highest BCUT2D eigenvalue weighted by molar-refractivity contribution is 6.30. The molecule has 0 aliphatic rings. The molecule has 0 heterocycles. The Morgan fingerprint density at radius 2 is 1.81 bits per heavy atom. The van der Waals surface area contributed by atoms with E-state index in [1.807, 2.05) is 0 Å². The van der Waals surface area contributed by atoms with Crippen LogP contribution >= 0.6 is 11.6 Å². The fourth-order valence-corrected chi connectivity index (χ4v) is 1.94. The minimum Gasteiger partial charge on any atom is -0.485 e. The minimum atomic E-state index is -4.58. The summed E-state index contributed by atoms with van der Waals surface area (Å²) in [4.78, 5) is 11.9. The van der Waals surface area contributed by atoms with Crippen LogP contribution in [0.4, 0.5) is 13.2 Å². The average Bonchev–Trinajstić information content (AvgIpc) is 2.44. The van der Waals surface area contributed by atoms with Crippen LogP contribution in [0.25, 0.3) is 0 Å². The van der Waals surface area contributed by atoms with Gasteiger partial charge in [0.25, 0.3) is 0 Å². The van der Waals surface area contributed by atoms with E-state index >= 15 is 0 Å². The summed E-state index contributed by atoms with van der Waals surface area (Å²) >= 11 is 5.75. The molecule has 0 saturated carbocycles. The minimum absolute atomic E-state index is 0.320. The zero-order valence-electron chi connectivity index (χ0n) is 10.7. The zero-order valence-corrected chi connectivity index (χ0v) is 11.4. The molecule has 21 heavy (non-hydrogen) atoms. The third kappa shape index (κ3) is 3.98. The molecular formula is C15H10ClF3O2. The van der Waals surface area contributed by atoms with Crippen LogP contribution in [0.5, 0.6) is 5.75 Å². The Balaban J connectivity index is 2.14. The van der Waals surface area contributed by atoms with Crippen molar-refractivity contribution in [3.05, 3.63) is 64.7 Å². The Bertz CT molecular complexity index is 653. The molecule has 0 radical (unpaired) electrons. The molecular weight excluding hydrogens is 305 g/mol. The van der Waals surface area contributed by atoms with Crippen molar-refractivity contribution in [1.82, 2.24) is 0 Å². The lowest BCUT2D eigenvalue weighted by Crippen LogP contribution is -2.17. The van der Waals surface area contributed by atoms with E-state index in [0.717, 1.165) is 12.1 Å². The van der Waals surface area contributed by atoms with E-state index in [1.165, 1.54) is 18.2 Å². The molecule has 2 nitrogen and oxygen atoms in total. The number of carbonyl (C=O) groups excluding carboxylic acids is 1. The predicted octanol–water partition coefficient (Wildman–Crippen LogP) is 4.62. The fraction of sp³-hybridized carbons (Fsp3) is 0.133. The first-order valence-corrected chi connectivity index (χ1v) is 6.33. The number of hydrogen-bond acceptors (Lipinski definition) is 2. The molecule has 0 aromatic heterocycles. The lowest BCUT2D eigenvalue weighted by molar-refractivity contribution is -0.137. The van der Waals surface area contributed by atoms with Crippen LogP contribution in [0.2, 0.25) is 5.02 Å². The maximum absolute atomic E-state index is 12.8. The first-order valence-electron chi connectivity index (χ1n) is 5.96. The first kappa shape index (κ1) is 15.4. The van der Waals surface area contributed by atoms with Crippen LogP contribution in [-0.2, 0) is 6.18 Å². The van der Waals surface area contributed by atoms with Crippen molar-refractivity contribution in [3.63, 3.8) is 0 Å². The molecule has 0 saturated heterocycles. The van der Waals surface area contributed by atoms with Gasteiger partial charge in [-0.2, -0.15) is 13.2 Å². The smallest absolute Gasteiger partial charge is 0.417 e. The molecule has 0 spiro atoms. The molecule has 2 aromatic rings. The van der Waals surface area contributed by atoms with E-state index in [-0.39, 0.29) is 0 Å². The number of Topliss-reactive ketones (excluding diaryl/α,β-unsaturated/α-hetero) is 1. The second kappa shape index (κ2) is 6.18. The quantitative estimate of drug-likeness (QED) is 0.770. The van der Waals surface area contributed by atoms with Gasteiger partial charge in [-0.3, -0.25) is 4.79 Å². The number of hydrogen-bond donors (Lipinski definition) is 0. The predicted molar refractivity (Wildman–Crippen MR) is 72.7 cm³/mol. The van der Waals surface area contributed by atoms with Crippen LogP contribution < -0.4 is 4.74 Å². The summed E-state index contributed by atoms with van der Waals surface area (Å²) in [5, 5.41) is 0.413. The van der Waals surface area contributed by atoms with Gasteiger partial charge in [-0.05, 0) is 24.3 Å². The van der Waals surface area contributed by atoms with Gasteiger partial charge in [-0.1, -0.05) is 35.9 Å². The van der Waals surface area contributed by atoms with Gasteiger partial charge in [0.2, 0.25) is 5.78 Å². The van der Waals surface area contributed by atoms with Crippen molar-refractivity contribution in [2.24, 2.45) is 0 Å². The molecule has 2 rings (SSSR count). The van der Waals surface area contributed by atoms with Crippen LogP contribution in [-0.4, -0.2) is 12.4 Å². The Labute approximate surface area is 124 Å². The standard InChI is InChI=1S/C15H10ClF3O2/c16-10-4-3-5-11(8-10)21-9-14(20)12-6-1-2-7-13(12)15(17,18)19/h1-8H,9H2. The number of halogens is 4.